The van der Waals surface area contributed by atoms with Gasteiger partial charge in [0.25, 0.3) is 0 Å². The van der Waals surface area contributed by atoms with Gasteiger partial charge in [-0.05, 0) is 30.4 Å². The first kappa shape index (κ1) is 14.3. The molecule has 1 aliphatic carbocycles. The van der Waals surface area contributed by atoms with Crippen molar-refractivity contribution in [2.75, 3.05) is 5.73 Å². The number of rotatable bonds is 3. The van der Waals surface area contributed by atoms with Crippen molar-refractivity contribution in [2.24, 2.45) is 11.8 Å². The fourth-order valence-corrected chi connectivity index (χ4v) is 4.23. The summed E-state index contributed by atoms with van der Waals surface area (Å²) in [5, 5.41) is 0. The molecule has 0 saturated heterocycles. The number of sulfonamides is 1. The first-order valence-electron chi connectivity index (χ1n) is 6.78. The van der Waals surface area contributed by atoms with E-state index in [1.165, 1.54) is 6.42 Å². The van der Waals surface area contributed by atoms with Gasteiger partial charge in [0.1, 0.15) is 4.90 Å². The summed E-state index contributed by atoms with van der Waals surface area (Å²) >= 11 is 0. The van der Waals surface area contributed by atoms with Crippen LogP contribution in [0.3, 0.4) is 0 Å². The molecule has 3 unspecified atom stereocenters. The fraction of sp³-hybridized carbons (Fsp3) is 0.571. The number of anilines is 1. The van der Waals surface area contributed by atoms with E-state index in [1.807, 2.05) is 0 Å². The lowest BCUT2D eigenvalue weighted by Crippen LogP contribution is -2.43. The summed E-state index contributed by atoms with van der Waals surface area (Å²) in [7, 11) is -3.52. The molecular formula is C14H22N2O2S. The zero-order valence-electron chi connectivity index (χ0n) is 11.5. The Labute approximate surface area is 115 Å². The van der Waals surface area contributed by atoms with E-state index in [9.17, 15) is 8.42 Å². The van der Waals surface area contributed by atoms with Crippen LogP contribution in [-0.4, -0.2) is 14.5 Å². The summed E-state index contributed by atoms with van der Waals surface area (Å²) in [6.45, 7) is 4.30. The standard InChI is InChI=1S/C14H22N2O2S/c1-10-6-5-8-13(11(10)2)16-19(17,18)14-9-4-3-7-12(14)15/h3-4,7,9-11,13,16H,5-6,8,15H2,1-2H3. The van der Waals surface area contributed by atoms with E-state index in [-0.39, 0.29) is 10.9 Å². The summed E-state index contributed by atoms with van der Waals surface area (Å²) in [6, 6.07) is 6.60. The average Bonchev–Trinajstić information content (AvgIpc) is 2.35. The molecule has 3 N–H and O–H groups in total. The predicted octanol–water partition coefficient (Wildman–Crippen LogP) is 2.37. The van der Waals surface area contributed by atoms with Gasteiger partial charge in [0, 0.05) is 6.04 Å². The highest BCUT2D eigenvalue weighted by atomic mass is 32.2. The molecule has 106 valence electrons. The zero-order valence-corrected chi connectivity index (χ0v) is 12.3. The van der Waals surface area contributed by atoms with Crippen molar-refractivity contribution in [1.29, 1.82) is 0 Å². The van der Waals surface area contributed by atoms with E-state index in [0.29, 0.717) is 17.5 Å². The first-order chi connectivity index (χ1) is 8.92. The molecule has 1 aromatic carbocycles. The summed E-state index contributed by atoms with van der Waals surface area (Å²) in [5.74, 6) is 0.906. The van der Waals surface area contributed by atoms with E-state index < -0.39 is 10.0 Å². The molecule has 3 atom stereocenters. The molecule has 0 spiro atoms. The Morgan fingerprint density at radius 3 is 2.58 bits per heavy atom. The summed E-state index contributed by atoms with van der Waals surface area (Å²) < 4.78 is 27.6. The Kier molecular flexibility index (Phi) is 4.16. The lowest BCUT2D eigenvalue weighted by molar-refractivity contribution is 0.227. The van der Waals surface area contributed by atoms with Crippen molar-refractivity contribution in [3.8, 4) is 0 Å². The molecular weight excluding hydrogens is 260 g/mol. The van der Waals surface area contributed by atoms with Crippen LogP contribution in [0.25, 0.3) is 0 Å². The predicted molar refractivity (Wildman–Crippen MR) is 77.1 cm³/mol. The Hall–Kier alpha value is -1.07. The van der Waals surface area contributed by atoms with Crippen molar-refractivity contribution >= 4 is 15.7 Å². The van der Waals surface area contributed by atoms with Gasteiger partial charge >= 0.3 is 0 Å². The number of nitrogens with two attached hydrogens (primary N) is 1. The molecule has 0 heterocycles. The normalized spacial score (nSPS) is 28.2. The third kappa shape index (κ3) is 3.09. The Morgan fingerprint density at radius 1 is 1.21 bits per heavy atom. The van der Waals surface area contributed by atoms with Crippen LogP contribution < -0.4 is 10.5 Å². The maximum atomic E-state index is 12.4. The second-order valence-corrected chi connectivity index (χ2v) is 7.22. The number of para-hydroxylation sites is 1. The minimum absolute atomic E-state index is 0.00774. The van der Waals surface area contributed by atoms with Crippen LogP contribution in [0.1, 0.15) is 33.1 Å². The quantitative estimate of drug-likeness (QED) is 0.836. The Bertz CT molecular complexity index is 542. The minimum Gasteiger partial charge on any atom is -0.398 e. The highest BCUT2D eigenvalue weighted by molar-refractivity contribution is 7.89. The SMILES string of the molecule is CC1CCCC(NS(=O)(=O)c2ccccc2N)C1C. The molecule has 0 aliphatic heterocycles. The lowest BCUT2D eigenvalue weighted by Gasteiger charge is -2.34. The number of hydrogen-bond acceptors (Lipinski definition) is 3. The summed E-state index contributed by atoms with van der Waals surface area (Å²) in [6.07, 6.45) is 3.15. The third-order valence-electron chi connectivity index (χ3n) is 4.22. The molecule has 0 radical (unpaired) electrons. The van der Waals surface area contributed by atoms with Gasteiger partial charge in [-0.15, -0.1) is 0 Å². The molecule has 2 rings (SSSR count). The van der Waals surface area contributed by atoms with E-state index >= 15 is 0 Å². The zero-order chi connectivity index (χ0) is 14.0. The van der Waals surface area contributed by atoms with Gasteiger partial charge in [-0.3, -0.25) is 0 Å². The topological polar surface area (TPSA) is 72.2 Å². The van der Waals surface area contributed by atoms with Gasteiger partial charge in [-0.2, -0.15) is 0 Å². The number of nitrogen functional groups attached to an aromatic ring is 1. The van der Waals surface area contributed by atoms with Crippen LogP contribution in [0, 0.1) is 11.8 Å². The van der Waals surface area contributed by atoms with E-state index in [2.05, 4.69) is 18.6 Å². The molecule has 1 aliphatic rings. The van der Waals surface area contributed by atoms with Gasteiger partial charge in [-0.1, -0.05) is 38.8 Å². The Balaban J connectivity index is 2.20. The van der Waals surface area contributed by atoms with Crippen LogP contribution >= 0.6 is 0 Å². The average molecular weight is 282 g/mol. The molecule has 19 heavy (non-hydrogen) atoms. The Morgan fingerprint density at radius 2 is 1.89 bits per heavy atom. The molecule has 1 fully saturated rings. The second kappa shape index (κ2) is 5.51. The van der Waals surface area contributed by atoms with Crippen LogP contribution in [0.2, 0.25) is 0 Å². The summed E-state index contributed by atoms with van der Waals surface area (Å²) in [5.41, 5.74) is 6.05. The smallest absolute Gasteiger partial charge is 0.242 e. The van der Waals surface area contributed by atoms with Crippen molar-refractivity contribution < 1.29 is 8.42 Å². The molecule has 0 aromatic heterocycles. The molecule has 1 saturated carbocycles. The fourth-order valence-electron chi connectivity index (χ4n) is 2.74. The van der Waals surface area contributed by atoms with Gasteiger partial charge in [0.2, 0.25) is 10.0 Å². The van der Waals surface area contributed by atoms with Gasteiger partial charge < -0.3 is 5.73 Å². The maximum Gasteiger partial charge on any atom is 0.242 e. The highest BCUT2D eigenvalue weighted by Gasteiger charge is 2.31. The second-order valence-electron chi connectivity index (χ2n) is 5.53. The van der Waals surface area contributed by atoms with Crippen LogP contribution in [0.15, 0.2) is 29.2 Å². The van der Waals surface area contributed by atoms with Crippen LogP contribution in [-0.2, 0) is 10.0 Å². The van der Waals surface area contributed by atoms with E-state index in [1.54, 1.807) is 24.3 Å². The van der Waals surface area contributed by atoms with Crippen molar-refractivity contribution in [2.45, 2.75) is 44.0 Å². The van der Waals surface area contributed by atoms with Gasteiger partial charge in [-0.25, -0.2) is 13.1 Å². The van der Waals surface area contributed by atoms with Crippen LogP contribution in [0.5, 0.6) is 0 Å². The molecule has 0 bridgehead atoms. The highest BCUT2D eigenvalue weighted by Crippen LogP contribution is 2.30. The van der Waals surface area contributed by atoms with E-state index in [4.69, 9.17) is 5.73 Å². The lowest BCUT2D eigenvalue weighted by atomic mass is 9.78. The number of nitrogens with one attached hydrogen (secondary N) is 1. The van der Waals surface area contributed by atoms with E-state index in [0.717, 1.165) is 12.8 Å². The first-order valence-corrected chi connectivity index (χ1v) is 8.27. The monoisotopic (exact) mass is 282 g/mol. The molecule has 1 aromatic rings. The molecule has 5 heteroatoms. The van der Waals surface area contributed by atoms with Crippen LogP contribution in [0.4, 0.5) is 5.69 Å². The maximum absolute atomic E-state index is 12.4. The van der Waals surface area contributed by atoms with Crippen molar-refractivity contribution in [3.05, 3.63) is 24.3 Å². The number of hydrogen-bond donors (Lipinski definition) is 2. The summed E-state index contributed by atoms with van der Waals surface area (Å²) in [4.78, 5) is 0.181. The van der Waals surface area contributed by atoms with Gasteiger partial charge in [0.15, 0.2) is 0 Å². The van der Waals surface area contributed by atoms with Crippen molar-refractivity contribution in [1.82, 2.24) is 4.72 Å². The van der Waals surface area contributed by atoms with Crippen molar-refractivity contribution in [3.63, 3.8) is 0 Å². The molecule has 4 nitrogen and oxygen atoms in total. The number of benzene rings is 1. The molecule has 0 amide bonds. The van der Waals surface area contributed by atoms with Gasteiger partial charge in [0.05, 0.1) is 5.69 Å². The minimum atomic E-state index is -3.52. The third-order valence-corrected chi connectivity index (χ3v) is 5.79. The largest absolute Gasteiger partial charge is 0.398 e.